The quantitative estimate of drug-likeness (QED) is 0.481. The van der Waals surface area contributed by atoms with E-state index in [2.05, 4.69) is 5.32 Å². The van der Waals surface area contributed by atoms with Crippen molar-refractivity contribution in [2.24, 2.45) is 0 Å². The normalized spacial score (nSPS) is 35.4. The Kier molecular flexibility index (Phi) is 3.06. The van der Waals surface area contributed by atoms with Crippen LogP contribution in [-0.2, 0) is 4.79 Å². The second kappa shape index (κ2) is 4.34. The summed E-state index contributed by atoms with van der Waals surface area (Å²) in [6.45, 7) is 0.279. The highest BCUT2D eigenvalue weighted by molar-refractivity contribution is 5.79. The van der Waals surface area contributed by atoms with Crippen molar-refractivity contribution < 1.29 is 14.8 Å². The van der Waals surface area contributed by atoms with Crippen LogP contribution in [0.2, 0.25) is 0 Å². The maximum Gasteiger partial charge on any atom is 0.267 e. The number of hydrogen-bond donors (Lipinski definition) is 2. The maximum absolute atomic E-state index is 11.5. The third kappa shape index (κ3) is 2.14. The molecule has 0 radical (unpaired) electrons. The van der Waals surface area contributed by atoms with Crippen LogP contribution < -0.4 is 5.32 Å². The Balaban J connectivity index is 1.99. The SMILES string of the molecule is O=C1CC(O)CN1C1CCCC([N+](=O)[O-])N1. The van der Waals surface area contributed by atoms with Crippen molar-refractivity contribution in [3.63, 3.8) is 0 Å². The Hall–Kier alpha value is -1.21. The number of amides is 1. The zero-order valence-corrected chi connectivity index (χ0v) is 8.83. The Morgan fingerprint density at radius 1 is 1.50 bits per heavy atom. The minimum atomic E-state index is -0.774. The Morgan fingerprint density at radius 3 is 2.81 bits per heavy atom. The summed E-state index contributed by atoms with van der Waals surface area (Å²) in [6, 6.07) is 0. The summed E-state index contributed by atoms with van der Waals surface area (Å²) in [5, 5.41) is 22.8. The van der Waals surface area contributed by atoms with Gasteiger partial charge in [0.1, 0.15) is 0 Å². The molecule has 2 fully saturated rings. The van der Waals surface area contributed by atoms with Crippen molar-refractivity contribution in [2.45, 2.75) is 44.1 Å². The summed E-state index contributed by atoms with van der Waals surface area (Å²) in [7, 11) is 0. The van der Waals surface area contributed by atoms with Crippen LogP contribution >= 0.6 is 0 Å². The second-order valence-corrected chi connectivity index (χ2v) is 4.32. The van der Waals surface area contributed by atoms with Crippen LogP contribution in [0.1, 0.15) is 25.7 Å². The number of piperidine rings is 1. The molecule has 2 rings (SSSR count). The van der Waals surface area contributed by atoms with E-state index in [0.29, 0.717) is 12.8 Å². The van der Waals surface area contributed by atoms with Gasteiger partial charge in [0.25, 0.3) is 6.17 Å². The third-order valence-electron chi connectivity index (χ3n) is 3.11. The second-order valence-electron chi connectivity index (χ2n) is 4.32. The number of nitro groups is 1. The fourth-order valence-electron chi connectivity index (χ4n) is 2.32. The average Bonchev–Trinajstić information content (AvgIpc) is 2.58. The molecular weight excluding hydrogens is 214 g/mol. The van der Waals surface area contributed by atoms with Gasteiger partial charge in [0.2, 0.25) is 5.91 Å². The molecular formula is C9H15N3O4. The number of aliphatic hydroxyl groups is 1. The van der Waals surface area contributed by atoms with Gasteiger partial charge in [-0.2, -0.15) is 0 Å². The van der Waals surface area contributed by atoms with Gasteiger partial charge in [-0.15, -0.1) is 0 Å². The number of carbonyl (C=O) groups is 1. The molecule has 0 aromatic heterocycles. The highest BCUT2D eigenvalue weighted by Crippen LogP contribution is 2.21. The topological polar surface area (TPSA) is 95.7 Å². The van der Waals surface area contributed by atoms with Gasteiger partial charge in [-0.25, -0.2) is 5.32 Å². The first-order valence-electron chi connectivity index (χ1n) is 5.45. The fraction of sp³-hybridized carbons (Fsp3) is 0.889. The number of nitrogens with zero attached hydrogens (tertiary/aromatic N) is 2. The molecule has 7 nitrogen and oxygen atoms in total. The van der Waals surface area contributed by atoms with Gasteiger partial charge in [-0.3, -0.25) is 14.9 Å². The maximum atomic E-state index is 11.5. The van der Waals surface area contributed by atoms with Gasteiger partial charge in [0, 0.05) is 17.9 Å². The van der Waals surface area contributed by atoms with Gasteiger partial charge in [-0.05, 0) is 12.8 Å². The van der Waals surface area contributed by atoms with Gasteiger partial charge >= 0.3 is 0 Å². The summed E-state index contributed by atoms with van der Waals surface area (Å²) >= 11 is 0. The zero-order chi connectivity index (χ0) is 11.7. The van der Waals surface area contributed by atoms with Crippen LogP contribution in [0.4, 0.5) is 0 Å². The first-order valence-corrected chi connectivity index (χ1v) is 5.45. The smallest absolute Gasteiger partial charge is 0.267 e. The predicted molar refractivity (Wildman–Crippen MR) is 53.9 cm³/mol. The molecule has 1 amide bonds. The number of hydrogen-bond acceptors (Lipinski definition) is 5. The van der Waals surface area contributed by atoms with Gasteiger partial charge in [0.15, 0.2) is 0 Å². The minimum Gasteiger partial charge on any atom is -0.391 e. The summed E-state index contributed by atoms with van der Waals surface area (Å²) < 4.78 is 0. The number of aliphatic hydroxyl groups excluding tert-OH is 1. The number of nitrogens with one attached hydrogen (secondary N) is 1. The molecule has 7 heteroatoms. The average molecular weight is 229 g/mol. The van der Waals surface area contributed by atoms with Gasteiger partial charge in [0.05, 0.1) is 18.7 Å². The largest absolute Gasteiger partial charge is 0.391 e. The van der Waals surface area contributed by atoms with E-state index in [9.17, 15) is 20.0 Å². The summed E-state index contributed by atoms with van der Waals surface area (Å²) in [5.74, 6) is -0.131. The molecule has 2 N–H and O–H groups in total. The highest BCUT2D eigenvalue weighted by Gasteiger charge is 2.38. The monoisotopic (exact) mass is 229 g/mol. The molecule has 0 aromatic rings. The summed E-state index contributed by atoms with van der Waals surface area (Å²) in [4.78, 5) is 23.3. The highest BCUT2D eigenvalue weighted by atomic mass is 16.6. The first-order chi connectivity index (χ1) is 7.58. The van der Waals surface area contributed by atoms with Crippen molar-refractivity contribution in [2.75, 3.05) is 6.54 Å². The lowest BCUT2D eigenvalue weighted by atomic mass is 10.1. The van der Waals surface area contributed by atoms with Crippen LogP contribution in [-0.4, -0.2) is 45.8 Å². The number of β-amino-alcohol motifs (C(OH)–C–C–N with tert-alkyl or cyclic N) is 1. The lowest BCUT2D eigenvalue weighted by Crippen LogP contribution is -2.55. The number of carbonyl (C=O) groups excluding carboxylic acids is 1. The molecule has 90 valence electrons. The number of likely N-dealkylation sites (tertiary alicyclic amines) is 1. The van der Waals surface area contributed by atoms with E-state index in [4.69, 9.17) is 0 Å². The molecule has 2 heterocycles. The zero-order valence-electron chi connectivity index (χ0n) is 8.83. The Bertz CT molecular complexity index is 309. The van der Waals surface area contributed by atoms with E-state index < -0.39 is 12.3 Å². The van der Waals surface area contributed by atoms with E-state index in [1.165, 1.54) is 4.90 Å². The van der Waals surface area contributed by atoms with Crippen molar-refractivity contribution in [1.29, 1.82) is 0 Å². The van der Waals surface area contributed by atoms with Crippen LogP contribution in [0.15, 0.2) is 0 Å². The van der Waals surface area contributed by atoms with Crippen molar-refractivity contribution in [1.82, 2.24) is 10.2 Å². The molecule has 16 heavy (non-hydrogen) atoms. The van der Waals surface area contributed by atoms with E-state index in [0.717, 1.165) is 6.42 Å². The van der Waals surface area contributed by atoms with Crippen LogP contribution in [0.25, 0.3) is 0 Å². The molecule has 0 aliphatic carbocycles. The van der Waals surface area contributed by atoms with E-state index in [-0.39, 0.29) is 30.0 Å². The predicted octanol–water partition coefficient (Wildman–Crippen LogP) is -0.718. The molecule has 0 aromatic carbocycles. The summed E-state index contributed by atoms with van der Waals surface area (Å²) in [5.41, 5.74) is 0. The lowest BCUT2D eigenvalue weighted by molar-refractivity contribution is -0.534. The minimum absolute atomic E-state index is 0.126. The first kappa shape index (κ1) is 11.3. The molecule has 2 aliphatic rings. The lowest BCUT2D eigenvalue weighted by Gasteiger charge is -2.33. The van der Waals surface area contributed by atoms with Gasteiger partial charge in [-0.1, -0.05) is 0 Å². The van der Waals surface area contributed by atoms with Crippen LogP contribution in [0.3, 0.4) is 0 Å². The van der Waals surface area contributed by atoms with E-state index in [1.54, 1.807) is 0 Å². The van der Waals surface area contributed by atoms with Crippen LogP contribution in [0.5, 0.6) is 0 Å². The van der Waals surface area contributed by atoms with Gasteiger partial charge < -0.3 is 10.0 Å². The Morgan fingerprint density at radius 2 is 2.25 bits per heavy atom. The molecule has 0 bridgehead atoms. The van der Waals surface area contributed by atoms with E-state index in [1.807, 2.05) is 0 Å². The Labute approximate surface area is 92.6 Å². The molecule has 0 spiro atoms. The van der Waals surface area contributed by atoms with Crippen LogP contribution in [0, 0.1) is 10.1 Å². The standard InChI is InChI=1S/C9H15N3O4/c13-6-4-9(14)11(5-6)7-2-1-3-8(10-7)12(15)16/h6-8,10,13H,1-5H2. The number of rotatable bonds is 2. The molecule has 3 atom stereocenters. The third-order valence-corrected chi connectivity index (χ3v) is 3.11. The molecule has 2 aliphatic heterocycles. The van der Waals surface area contributed by atoms with Crippen molar-refractivity contribution in [3.05, 3.63) is 10.1 Å². The summed E-state index contributed by atoms with van der Waals surface area (Å²) in [6.07, 6.45) is 0.352. The molecule has 0 saturated carbocycles. The van der Waals surface area contributed by atoms with Crippen molar-refractivity contribution in [3.8, 4) is 0 Å². The van der Waals surface area contributed by atoms with Crippen molar-refractivity contribution >= 4 is 5.91 Å². The van der Waals surface area contributed by atoms with E-state index >= 15 is 0 Å². The molecule has 3 unspecified atom stereocenters. The molecule has 2 saturated heterocycles. The fourth-order valence-corrected chi connectivity index (χ4v) is 2.32.